The summed E-state index contributed by atoms with van der Waals surface area (Å²) in [5, 5.41) is 2.66. The van der Waals surface area contributed by atoms with Gasteiger partial charge < -0.3 is 0 Å². The molecule has 0 spiro atoms. The van der Waals surface area contributed by atoms with Gasteiger partial charge in [0.1, 0.15) is 0 Å². The normalized spacial score (nSPS) is 9.53. The molecule has 0 bridgehead atoms. The van der Waals surface area contributed by atoms with Gasteiger partial charge in [-0.3, -0.25) is 0 Å². The molecule has 0 fully saturated rings. The summed E-state index contributed by atoms with van der Waals surface area (Å²) in [6.07, 6.45) is 3.87. The molecule has 98 valence electrons. The molecule has 0 nitrogen and oxygen atoms in total. The Morgan fingerprint density at radius 1 is 1.00 bits per heavy atom. The zero-order chi connectivity index (χ0) is 12.6. The number of hydrogen-bond donors (Lipinski definition) is 0. The van der Waals surface area contributed by atoms with E-state index in [2.05, 4.69) is 73.7 Å². The molecule has 1 heteroatoms. The van der Waals surface area contributed by atoms with Gasteiger partial charge in [0.15, 0.2) is 0 Å². The monoisotopic (exact) mass is 416 g/mol. The standard InChI is InChI=1S/C9H7.C9H13.Hf/c1-2-5-9-7-3-6-8(9)4-1;1-2-3-6-9-7-4-5-8-9;/h1-7H;4-5,7-8H,2-3,6H2,1H3;/q2*-1;. The molecule has 0 amide bonds. The van der Waals surface area contributed by atoms with E-state index in [4.69, 9.17) is 0 Å². The first-order chi connectivity index (χ1) is 8.90. The summed E-state index contributed by atoms with van der Waals surface area (Å²) in [5.74, 6) is 0. The Balaban J connectivity index is 0.000000180. The molecule has 0 aromatic heterocycles. The number of unbranched alkanes of at least 4 members (excludes halogenated alkanes) is 1. The molecule has 0 atom stereocenters. The third-order valence-electron chi connectivity index (χ3n) is 3.10. The zero-order valence-corrected chi connectivity index (χ0v) is 15.1. The van der Waals surface area contributed by atoms with E-state index in [1.54, 1.807) is 0 Å². The van der Waals surface area contributed by atoms with Crippen LogP contribution in [0.1, 0.15) is 25.3 Å². The number of rotatable bonds is 3. The smallest absolute Gasteiger partial charge is 0 e. The van der Waals surface area contributed by atoms with Gasteiger partial charge in [0.25, 0.3) is 0 Å². The third-order valence-corrected chi connectivity index (χ3v) is 3.10. The maximum atomic E-state index is 2.23. The summed E-state index contributed by atoms with van der Waals surface area (Å²) in [7, 11) is 0. The predicted octanol–water partition coefficient (Wildman–Crippen LogP) is 5.30. The summed E-state index contributed by atoms with van der Waals surface area (Å²) in [5.41, 5.74) is 1.48. The van der Waals surface area contributed by atoms with Crippen LogP contribution in [-0.4, -0.2) is 0 Å². The van der Waals surface area contributed by atoms with E-state index in [-0.39, 0.29) is 25.8 Å². The quantitative estimate of drug-likeness (QED) is 0.403. The van der Waals surface area contributed by atoms with Crippen molar-refractivity contribution in [3.8, 4) is 0 Å². The minimum Gasteiger partial charge on any atom is -0.213 e. The molecule has 0 radical (unpaired) electrons. The second-order valence-corrected chi connectivity index (χ2v) is 4.55. The second kappa shape index (κ2) is 9.03. The molecular formula is C18H20Hf-2. The van der Waals surface area contributed by atoms with E-state index >= 15 is 0 Å². The van der Waals surface area contributed by atoms with Crippen molar-refractivity contribution in [1.29, 1.82) is 0 Å². The summed E-state index contributed by atoms with van der Waals surface area (Å²) < 4.78 is 0. The van der Waals surface area contributed by atoms with Gasteiger partial charge in [-0.2, -0.15) is 35.2 Å². The van der Waals surface area contributed by atoms with Gasteiger partial charge in [0.05, 0.1) is 0 Å². The van der Waals surface area contributed by atoms with Gasteiger partial charge in [-0.05, 0) is 0 Å². The van der Waals surface area contributed by atoms with Crippen molar-refractivity contribution in [3.63, 3.8) is 0 Å². The van der Waals surface area contributed by atoms with E-state index in [0.29, 0.717) is 0 Å². The van der Waals surface area contributed by atoms with E-state index in [1.165, 1.54) is 35.6 Å². The summed E-state index contributed by atoms with van der Waals surface area (Å²) in [6.45, 7) is 2.23. The molecule has 0 aliphatic carbocycles. The number of aryl methyl sites for hydroxylation is 1. The number of benzene rings is 1. The predicted molar refractivity (Wildman–Crippen MR) is 80.2 cm³/mol. The molecule has 19 heavy (non-hydrogen) atoms. The molecule has 0 saturated heterocycles. The summed E-state index contributed by atoms with van der Waals surface area (Å²) >= 11 is 0. The third kappa shape index (κ3) is 5.28. The van der Waals surface area contributed by atoms with Gasteiger partial charge in [0.2, 0.25) is 0 Å². The molecule has 0 saturated carbocycles. The Morgan fingerprint density at radius 3 is 2.42 bits per heavy atom. The van der Waals surface area contributed by atoms with Crippen LogP contribution in [-0.2, 0) is 32.3 Å². The molecule has 0 aliphatic heterocycles. The fourth-order valence-electron chi connectivity index (χ4n) is 2.03. The van der Waals surface area contributed by atoms with E-state index < -0.39 is 0 Å². The van der Waals surface area contributed by atoms with Crippen LogP contribution in [0, 0.1) is 0 Å². The van der Waals surface area contributed by atoms with E-state index in [9.17, 15) is 0 Å². The minimum absolute atomic E-state index is 0. The minimum atomic E-state index is 0. The molecule has 3 aromatic carbocycles. The van der Waals surface area contributed by atoms with Crippen LogP contribution >= 0.6 is 0 Å². The Labute approximate surface area is 135 Å². The van der Waals surface area contributed by atoms with Crippen LogP contribution < -0.4 is 0 Å². The molecule has 0 heterocycles. The first-order valence-electron chi connectivity index (χ1n) is 6.71. The van der Waals surface area contributed by atoms with E-state index in [0.717, 1.165) is 0 Å². The van der Waals surface area contributed by atoms with Crippen molar-refractivity contribution in [1.82, 2.24) is 0 Å². The Morgan fingerprint density at radius 2 is 1.74 bits per heavy atom. The van der Waals surface area contributed by atoms with Crippen molar-refractivity contribution in [2.75, 3.05) is 0 Å². The van der Waals surface area contributed by atoms with Crippen LogP contribution in [0.25, 0.3) is 10.8 Å². The van der Waals surface area contributed by atoms with E-state index in [1.807, 2.05) is 0 Å². The van der Waals surface area contributed by atoms with Crippen LogP contribution in [0.2, 0.25) is 0 Å². The van der Waals surface area contributed by atoms with Gasteiger partial charge in [-0.15, -0.1) is 29.7 Å². The first-order valence-corrected chi connectivity index (χ1v) is 6.71. The van der Waals surface area contributed by atoms with Crippen molar-refractivity contribution in [3.05, 3.63) is 72.3 Å². The molecular weight excluding hydrogens is 395 g/mol. The maximum absolute atomic E-state index is 2.23. The van der Waals surface area contributed by atoms with Crippen LogP contribution in [0.15, 0.2) is 66.7 Å². The fraction of sp³-hybridized carbons (Fsp3) is 0.222. The van der Waals surface area contributed by atoms with Gasteiger partial charge in [-0.1, -0.05) is 32.3 Å². The van der Waals surface area contributed by atoms with Crippen LogP contribution in [0.4, 0.5) is 0 Å². The van der Waals surface area contributed by atoms with Crippen molar-refractivity contribution in [2.24, 2.45) is 0 Å². The Kier molecular flexibility index (Phi) is 7.66. The average molecular weight is 415 g/mol. The largest absolute Gasteiger partial charge is 0.213 e. The fourth-order valence-corrected chi connectivity index (χ4v) is 2.03. The summed E-state index contributed by atoms with van der Waals surface area (Å²) in [6, 6.07) is 23.3. The second-order valence-electron chi connectivity index (χ2n) is 4.55. The molecule has 3 rings (SSSR count). The summed E-state index contributed by atoms with van der Waals surface area (Å²) in [4.78, 5) is 0. The van der Waals surface area contributed by atoms with Crippen molar-refractivity contribution < 1.29 is 25.8 Å². The van der Waals surface area contributed by atoms with Gasteiger partial charge in [-0.25, -0.2) is 12.1 Å². The topological polar surface area (TPSA) is 0 Å². The molecule has 0 unspecified atom stereocenters. The Hall–Kier alpha value is -0.950. The number of hydrogen-bond acceptors (Lipinski definition) is 0. The van der Waals surface area contributed by atoms with Crippen molar-refractivity contribution in [2.45, 2.75) is 26.2 Å². The SMILES string of the molecule is CCCC[c-]1cccc1.[Hf].c1ccc2[cH-]ccc2c1. The first kappa shape index (κ1) is 16.1. The number of fused-ring (bicyclic) bond motifs is 1. The molecule has 0 N–H and O–H groups in total. The van der Waals surface area contributed by atoms with Crippen molar-refractivity contribution >= 4 is 10.8 Å². The zero-order valence-electron chi connectivity index (χ0n) is 11.5. The Bertz CT molecular complexity index is 516. The van der Waals surface area contributed by atoms with Gasteiger partial charge in [0, 0.05) is 25.8 Å². The van der Waals surface area contributed by atoms with Crippen LogP contribution in [0.3, 0.4) is 0 Å². The van der Waals surface area contributed by atoms with Gasteiger partial charge >= 0.3 is 0 Å². The maximum Gasteiger partial charge on any atom is 0 e. The molecule has 3 aromatic rings. The average Bonchev–Trinajstić information content (AvgIpc) is 3.08. The van der Waals surface area contributed by atoms with Crippen LogP contribution in [0.5, 0.6) is 0 Å². The molecule has 0 aliphatic rings.